The van der Waals surface area contributed by atoms with E-state index in [2.05, 4.69) is 15.4 Å². The summed E-state index contributed by atoms with van der Waals surface area (Å²) in [5.74, 6) is -1.86. The minimum absolute atomic E-state index is 0.0123. The molecular formula is C23H21FN6O3. The first-order valence-corrected chi connectivity index (χ1v) is 9.74. The molecule has 0 spiro atoms. The van der Waals surface area contributed by atoms with E-state index in [9.17, 15) is 24.7 Å². The molecule has 2 aliphatic heterocycles. The zero-order chi connectivity index (χ0) is 29.6. The highest BCUT2D eigenvalue weighted by Gasteiger charge is 2.37. The fourth-order valence-electron chi connectivity index (χ4n) is 3.61. The molecule has 0 saturated carbocycles. The number of amides is 1. The first kappa shape index (κ1) is 14.4. The van der Waals surface area contributed by atoms with Gasteiger partial charge in [0.1, 0.15) is 11.4 Å². The predicted molar refractivity (Wildman–Crippen MR) is 116 cm³/mol. The van der Waals surface area contributed by atoms with Crippen LogP contribution < -0.4 is 10.2 Å². The molecule has 33 heavy (non-hydrogen) atoms. The summed E-state index contributed by atoms with van der Waals surface area (Å²) in [6, 6.07) is 8.11. The third kappa shape index (κ3) is 3.51. The summed E-state index contributed by atoms with van der Waals surface area (Å²) in [6.45, 7) is -6.06. The Bertz CT molecular complexity index is 1590. The van der Waals surface area contributed by atoms with Gasteiger partial charge >= 0.3 is 0 Å². The zero-order valence-corrected chi connectivity index (χ0v) is 17.1. The summed E-state index contributed by atoms with van der Waals surface area (Å²) >= 11 is 0. The maximum Gasteiger partial charge on any atom is 0.255 e. The lowest BCUT2D eigenvalue weighted by atomic mass is 9.92. The number of carbonyl (C=O) groups is 1. The lowest BCUT2D eigenvalue weighted by Crippen LogP contribution is -2.55. The van der Waals surface area contributed by atoms with E-state index >= 15 is 0 Å². The Hall–Kier alpha value is -3.81. The number of hydrogen-bond donors (Lipinski definition) is 3. The van der Waals surface area contributed by atoms with Crippen LogP contribution >= 0.6 is 0 Å². The topological polar surface area (TPSA) is 127 Å². The Balaban J connectivity index is 1.71. The zero-order valence-electron chi connectivity index (χ0n) is 24.1. The van der Waals surface area contributed by atoms with Crippen LogP contribution in [0.25, 0.3) is 16.9 Å². The molecule has 168 valence electrons. The minimum Gasteiger partial charge on any atom is -0.390 e. The smallest absolute Gasteiger partial charge is 0.255 e. The largest absolute Gasteiger partial charge is 0.390 e. The van der Waals surface area contributed by atoms with Gasteiger partial charge in [-0.3, -0.25) is 4.79 Å². The standard InChI is InChI=1S/C23H21FN6O3/c1-23(33)12-29(7-5-18(23)31)19-6-8-30(28-19)17-9-15(27-16-11-26-22(32)21(16)17)20-13(10-25)3-2-4-14(20)24/h2-4,6,8-9,18,31,33H,5,7,11-12H2,1H3,(H,26,32)/t18?,23-/m0/s1/i5D2,7D2,12D2,18D. The van der Waals surface area contributed by atoms with E-state index in [0.717, 1.165) is 16.8 Å². The van der Waals surface area contributed by atoms with Crippen LogP contribution in [0.1, 0.15) is 44.5 Å². The SMILES string of the molecule is [2H]C1([2H])N(c2ccn(-c3cc(-c4c(F)cccc4C#N)nc4c3C(=O)NC4)n2)C([2H])([2H])[C@](C)(O)C([2H])(O)C1([2H])[2H]. The van der Waals surface area contributed by atoms with Crippen molar-refractivity contribution in [2.75, 3.05) is 17.9 Å². The van der Waals surface area contributed by atoms with E-state index in [1.807, 2.05) is 6.07 Å². The number of nitrogens with zero attached hydrogens (tertiary/aromatic N) is 5. The number of fused-ring (bicyclic) bond motifs is 1. The molecule has 3 N–H and O–H groups in total. The average Bonchev–Trinajstić information content (AvgIpc) is 3.49. The average molecular weight is 456 g/mol. The van der Waals surface area contributed by atoms with Crippen molar-refractivity contribution >= 4 is 11.7 Å². The van der Waals surface area contributed by atoms with Crippen LogP contribution in [0.4, 0.5) is 10.2 Å². The van der Waals surface area contributed by atoms with E-state index in [4.69, 9.17) is 9.60 Å². The molecule has 2 aromatic heterocycles. The van der Waals surface area contributed by atoms with Crippen molar-refractivity contribution in [1.29, 1.82) is 5.26 Å². The van der Waals surface area contributed by atoms with Crippen LogP contribution in [-0.2, 0) is 6.54 Å². The number of piperidine rings is 1. The molecular weight excluding hydrogens is 427 g/mol. The van der Waals surface area contributed by atoms with E-state index in [1.54, 1.807) is 0 Å². The monoisotopic (exact) mass is 455 g/mol. The predicted octanol–water partition coefficient (Wildman–Crippen LogP) is 1.51. The molecule has 0 radical (unpaired) electrons. The highest BCUT2D eigenvalue weighted by atomic mass is 19.1. The van der Waals surface area contributed by atoms with Crippen molar-refractivity contribution < 1.29 is 29.0 Å². The van der Waals surface area contributed by atoms with E-state index in [-0.39, 0.29) is 45.2 Å². The summed E-state index contributed by atoms with van der Waals surface area (Å²) in [5, 5.41) is 37.6. The fraction of sp³-hybridized carbons (Fsp3) is 0.304. The summed E-state index contributed by atoms with van der Waals surface area (Å²) in [4.78, 5) is 17.2. The fourth-order valence-corrected chi connectivity index (χ4v) is 3.61. The van der Waals surface area contributed by atoms with Crippen molar-refractivity contribution in [1.82, 2.24) is 20.1 Å². The maximum absolute atomic E-state index is 14.8. The van der Waals surface area contributed by atoms with Gasteiger partial charge in [0, 0.05) is 24.2 Å². The molecule has 2 atom stereocenters. The number of hydrogen-bond acceptors (Lipinski definition) is 7. The Morgan fingerprint density at radius 1 is 1.42 bits per heavy atom. The first-order valence-electron chi connectivity index (χ1n) is 13.2. The molecule has 4 heterocycles. The molecule has 1 unspecified atom stereocenters. The third-order valence-electron chi connectivity index (χ3n) is 5.23. The number of halogens is 1. The number of benzene rings is 1. The molecule has 0 bridgehead atoms. The van der Waals surface area contributed by atoms with Crippen LogP contribution in [0.2, 0.25) is 0 Å². The lowest BCUT2D eigenvalue weighted by molar-refractivity contribution is -0.0693. The van der Waals surface area contributed by atoms with E-state index in [1.165, 1.54) is 24.4 Å². The second-order valence-electron chi connectivity index (χ2n) is 7.53. The van der Waals surface area contributed by atoms with Crippen molar-refractivity contribution in [3.8, 4) is 23.0 Å². The number of carbonyl (C=O) groups excluding carboxylic acids is 1. The van der Waals surface area contributed by atoms with Gasteiger partial charge < -0.3 is 20.4 Å². The summed E-state index contributed by atoms with van der Waals surface area (Å²) in [6.07, 6.45) is -5.96. The van der Waals surface area contributed by atoms with Gasteiger partial charge in [0.05, 0.1) is 63.1 Å². The quantitative estimate of drug-likeness (QED) is 0.546. The Morgan fingerprint density at radius 3 is 3.03 bits per heavy atom. The number of rotatable bonds is 3. The number of β-amino-alcohol motifs (C(OH)–C–C–N with tert-alkyl or cyclic N) is 1. The van der Waals surface area contributed by atoms with E-state index < -0.39 is 48.6 Å². The van der Waals surface area contributed by atoms with Gasteiger partial charge in [-0.05, 0) is 31.5 Å². The highest BCUT2D eigenvalue weighted by Crippen LogP contribution is 2.32. The second kappa shape index (κ2) is 7.65. The molecule has 5 rings (SSSR count). The van der Waals surface area contributed by atoms with Crippen molar-refractivity contribution in [3.63, 3.8) is 0 Å². The normalized spacial score (nSPS) is 32.0. The molecule has 9 nitrogen and oxygen atoms in total. The van der Waals surface area contributed by atoms with E-state index in [0.29, 0.717) is 6.92 Å². The Morgan fingerprint density at radius 2 is 2.24 bits per heavy atom. The first-order chi connectivity index (χ1) is 18.4. The van der Waals surface area contributed by atoms with Gasteiger partial charge in [-0.2, -0.15) is 10.4 Å². The molecule has 0 aliphatic carbocycles. The molecule has 1 amide bonds. The number of nitrogens with one attached hydrogen (secondary N) is 1. The molecule has 1 saturated heterocycles. The molecule has 2 aliphatic rings. The van der Waals surface area contributed by atoms with Crippen molar-refractivity contribution in [2.45, 2.75) is 31.5 Å². The van der Waals surface area contributed by atoms with Crippen LogP contribution in [0.15, 0.2) is 36.5 Å². The second-order valence-corrected chi connectivity index (χ2v) is 7.53. The van der Waals surface area contributed by atoms with Crippen LogP contribution in [0.3, 0.4) is 0 Å². The van der Waals surface area contributed by atoms with Gasteiger partial charge in [0.2, 0.25) is 0 Å². The molecule has 1 aromatic carbocycles. The van der Waals surface area contributed by atoms with Gasteiger partial charge in [-0.1, -0.05) is 6.07 Å². The minimum atomic E-state index is -3.62. The summed E-state index contributed by atoms with van der Waals surface area (Å²) in [7, 11) is 0. The summed E-state index contributed by atoms with van der Waals surface area (Å²) in [5.41, 5.74) is -3.10. The lowest BCUT2D eigenvalue weighted by Gasteiger charge is -2.40. The van der Waals surface area contributed by atoms with Gasteiger partial charge in [0.25, 0.3) is 5.91 Å². The number of anilines is 1. The van der Waals surface area contributed by atoms with Gasteiger partial charge in [0.15, 0.2) is 5.82 Å². The number of pyridine rings is 1. The number of nitriles is 1. The number of aromatic nitrogens is 3. The van der Waals surface area contributed by atoms with Crippen molar-refractivity contribution in [3.05, 3.63) is 59.2 Å². The number of aliphatic hydroxyl groups is 2. The molecule has 3 aromatic rings. The van der Waals surface area contributed by atoms with Crippen LogP contribution in [0, 0.1) is 17.1 Å². The van der Waals surface area contributed by atoms with Gasteiger partial charge in [-0.15, -0.1) is 0 Å². The molecule has 1 fully saturated rings. The van der Waals surface area contributed by atoms with Crippen LogP contribution in [-0.4, -0.2) is 55.6 Å². The Kier molecular flexibility index (Phi) is 3.33. The molecule has 10 heteroatoms. The van der Waals surface area contributed by atoms with Crippen molar-refractivity contribution in [2.24, 2.45) is 0 Å². The van der Waals surface area contributed by atoms with Gasteiger partial charge in [-0.25, -0.2) is 14.1 Å². The highest BCUT2D eigenvalue weighted by molar-refractivity contribution is 6.01. The Labute approximate surface area is 198 Å². The maximum atomic E-state index is 14.8. The third-order valence-corrected chi connectivity index (χ3v) is 5.23. The summed E-state index contributed by atoms with van der Waals surface area (Å²) < 4.78 is 73.8. The van der Waals surface area contributed by atoms with Crippen LogP contribution in [0.5, 0.6) is 0 Å².